The van der Waals surface area contributed by atoms with Crippen LogP contribution in [0, 0.1) is 5.41 Å². The SMILES string of the molecule is CCCC12CCC(=O)C=C1c1c(cc(OCC(N)=O)c(Cl)c1Cl)C2=O. The first kappa shape index (κ1) is 18.0. The lowest BCUT2D eigenvalue weighted by Crippen LogP contribution is -2.31. The number of halogens is 2. The van der Waals surface area contributed by atoms with Crippen LogP contribution in [0.4, 0.5) is 0 Å². The monoisotopic (exact) mass is 381 g/mol. The van der Waals surface area contributed by atoms with E-state index in [-0.39, 0.29) is 34.0 Å². The second-order valence-electron chi connectivity index (χ2n) is 6.37. The molecule has 2 N–H and O–H groups in total. The van der Waals surface area contributed by atoms with Crippen LogP contribution in [0.5, 0.6) is 5.75 Å². The number of primary amides is 1. The minimum atomic E-state index is -0.736. The number of carbonyl (C=O) groups excluding carboxylic acids is 3. The summed E-state index contributed by atoms with van der Waals surface area (Å²) in [6.45, 7) is 1.62. The second kappa shape index (κ2) is 6.46. The number of hydrogen-bond acceptors (Lipinski definition) is 4. The van der Waals surface area contributed by atoms with Crippen LogP contribution in [-0.4, -0.2) is 24.1 Å². The lowest BCUT2D eigenvalue weighted by molar-refractivity contribution is -0.120. The van der Waals surface area contributed by atoms with E-state index in [4.69, 9.17) is 33.7 Å². The summed E-state index contributed by atoms with van der Waals surface area (Å²) >= 11 is 12.7. The molecule has 132 valence electrons. The van der Waals surface area contributed by atoms with Gasteiger partial charge < -0.3 is 10.5 Å². The lowest BCUT2D eigenvalue weighted by Gasteiger charge is -2.31. The molecule has 0 radical (unpaired) electrons. The lowest BCUT2D eigenvalue weighted by atomic mass is 9.69. The highest BCUT2D eigenvalue weighted by atomic mass is 35.5. The van der Waals surface area contributed by atoms with Crippen molar-refractivity contribution in [3.05, 3.63) is 33.3 Å². The molecular formula is C18H17Cl2NO4. The van der Waals surface area contributed by atoms with Gasteiger partial charge in [-0.15, -0.1) is 0 Å². The fourth-order valence-corrected chi connectivity index (χ4v) is 4.25. The molecule has 2 aliphatic carbocycles. The molecule has 25 heavy (non-hydrogen) atoms. The Kier molecular flexibility index (Phi) is 4.64. The van der Waals surface area contributed by atoms with Gasteiger partial charge in [-0.25, -0.2) is 0 Å². The van der Waals surface area contributed by atoms with Crippen LogP contribution in [0.25, 0.3) is 5.57 Å². The molecule has 0 aromatic heterocycles. The first-order valence-corrected chi connectivity index (χ1v) is 8.80. The molecule has 0 saturated heterocycles. The van der Waals surface area contributed by atoms with Crippen molar-refractivity contribution in [1.29, 1.82) is 0 Å². The van der Waals surface area contributed by atoms with Crippen molar-refractivity contribution in [2.75, 3.05) is 6.61 Å². The first-order chi connectivity index (χ1) is 11.8. The zero-order valence-corrected chi connectivity index (χ0v) is 15.2. The zero-order chi connectivity index (χ0) is 18.4. The number of benzene rings is 1. The van der Waals surface area contributed by atoms with Crippen molar-refractivity contribution >= 4 is 46.2 Å². The van der Waals surface area contributed by atoms with Gasteiger partial charge in [-0.1, -0.05) is 36.5 Å². The van der Waals surface area contributed by atoms with Crippen LogP contribution in [0.15, 0.2) is 12.1 Å². The van der Waals surface area contributed by atoms with Gasteiger partial charge >= 0.3 is 0 Å². The average Bonchev–Trinajstić information content (AvgIpc) is 2.79. The number of ketones is 2. The number of hydrogen-bond donors (Lipinski definition) is 1. The van der Waals surface area contributed by atoms with E-state index in [2.05, 4.69) is 0 Å². The van der Waals surface area contributed by atoms with Crippen molar-refractivity contribution in [1.82, 2.24) is 0 Å². The molecular weight excluding hydrogens is 365 g/mol. The third-order valence-corrected chi connectivity index (χ3v) is 5.64. The standard InChI is InChI=1S/C18H17Cl2NO4/c1-2-4-18-5-3-9(22)6-11(18)14-10(17(18)24)7-12(15(19)16(14)20)25-8-13(21)23/h6-7H,2-5,8H2,1H3,(H2,21,23). The van der Waals surface area contributed by atoms with Gasteiger partial charge in [0.25, 0.3) is 5.91 Å². The number of ether oxygens (including phenoxy) is 1. The van der Waals surface area contributed by atoms with Crippen molar-refractivity contribution in [2.45, 2.75) is 32.6 Å². The van der Waals surface area contributed by atoms with Gasteiger partial charge in [0.15, 0.2) is 18.2 Å². The van der Waals surface area contributed by atoms with E-state index in [9.17, 15) is 14.4 Å². The number of Topliss-reactive ketones (excluding diaryl/α,β-unsaturated/α-hetero) is 1. The molecule has 1 aromatic carbocycles. The van der Waals surface area contributed by atoms with E-state index in [1.165, 1.54) is 12.1 Å². The van der Waals surface area contributed by atoms with E-state index in [0.29, 0.717) is 36.0 Å². The number of fused-ring (bicyclic) bond motifs is 3. The third kappa shape index (κ3) is 2.75. The maximum Gasteiger partial charge on any atom is 0.255 e. The van der Waals surface area contributed by atoms with Gasteiger partial charge in [-0.2, -0.15) is 0 Å². The van der Waals surface area contributed by atoms with E-state index in [1.807, 2.05) is 6.92 Å². The molecule has 0 aliphatic heterocycles. The number of amides is 1. The summed E-state index contributed by atoms with van der Waals surface area (Å²) in [4.78, 5) is 36.1. The Morgan fingerprint density at radius 2 is 2.04 bits per heavy atom. The smallest absolute Gasteiger partial charge is 0.255 e. The fourth-order valence-electron chi connectivity index (χ4n) is 3.75. The highest BCUT2D eigenvalue weighted by molar-refractivity contribution is 6.45. The molecule has 2 aliphatic rings. The van der Waals surface area contributed by atoms with Crippen LogP contribution >= 0.6 is 23.2 Å². The summed E-state index contributed by atoms with van der Waals surface area (Å²) in [5.41, 5.74) is 5.88. The van der Waals surface area contributed by atoms with E-state index in [0.717, 1.165) is 6.42 Å². The van der Waals surface area contributed by atoms with Crippen LogP contribution < -0.4 is 10.5 Å². The third-order valence-electron chi connectivity index (χ3n) is 4.79. The van der Waals surface area contributed by atoms with E-state index < -0.39 is 11.3 Å². The Morgan fingerprint density at radius 1 is 1.32 bits per heavy atom. The quantitative estimate of drug-likeness (QED) is 0.843. The number of carbonyl (C=O) groups is 3. The summed E-state index contributed by atoms with van der Waals surface area (Å²) < 4.78 is 5.29. The number of allylic oxidation sites excluding steroid dienone is 2. The van der Waals surface area contributed by atoms with Crippen molar-refractivity contribution in [3.63, 3.8) is 0 Å². The summed E-state index contributed by atoms with van der Waals surface area (Å²) in [6.07, 6.45) is 3.74. The van der Waals surface area contributed by atoms with Gasteiger partial charge in [0, 0.05) is 17.5 Å². The number of nitrogens with two attached hydrogens (primary N) is 1. The maximum atomic E-state index is 13.2. The molecule has 0 heterocycles. The molecule has 1 atom stereocenters. The van der Waals surface area contributed by atoms with Crippen LogP contribution in [-0.2, 0) is 9.59 Å². The predicted octanol–water partition coefficient (Wildman–Crippen LogP) is 3.59. The Balaban J connectivity index is 2.19. The summed E-state index contributed by atoms with van der Waals surface area (Å²) in [5.74, 6) is -0.632. The molecule has 0 spiro atoms. The molecule has 0 bridgehead atoms. The summed E-state index contributed by atoms with van der Waals surface area (Å²) in [6, 6.07) is 1.50. The van der Waals surface area contributed by atoms with Gasteiger partial charge in [0.1, 0.15) is 10.8 Å². The van der Waals surface area contributed by atoms with Crippen LogP contribution in [0.1, 0.15) is 48.5 Å². The molecule has 7 heteroatoms. The normalized spacial score (nSPS) is 21.6. The summed E-state index contributed by atoms with van der Waals surface area (Å²) in [7, 11) is 0. The molecule has 0 fully saturated rings. The van der Waals surface area contributed by atoms with Crippen molar-refractivity contribution in [2.24, 2.45) is 11.1 Å². The second-order valence-corrected chi connectivity index (χ2v) is 7.12. The van der Waals surface area contributed by atoms with Crippen LogP contribution in [0.3, 0.4) is 0 Å². The Labute approximate surface area is 155 Å². The zero-order valence-electron chi connectivity index (χ0n) is 13.7. The van der Waals surface area contributed by atoms with Gasteiger partial charge in [-0.05, 0) is 30.6 Å². The Hall–Kier alpha value is -1.85. The number of rotatable bonds is 5. The van der Waals surface area contributed by atoms with E-state index in [1.54, 1.807) is 0 Å². The molecule has 1 aromatic rings. The average molecular weight is 382 g/mol. The highest BCUT2D eigenvalue weighted by Gasteiger charge is 2.51. The van der Waals surface area contributed by atoms with Crippen molar-refractivity contribution in [3.8, 4) is 5.75 Å². The minimum absolute atomic E-state index is 0.0244. The van der Waals surface area contributed by atoms with Gasteiger partial charge in [0.05, 0.1) is 10.4 Å². The maximum absolute atomic E-state index is 13.2. The highest BCUT2D eigenvalue weighted by Crippen LogP contribution is 2.57. The molecule has 1 amide bonds. The first-order valence-electron chi connectivity index (χ1n) is 8.05. The van der Waals surface area contributed by atoms with Gasteiger partial charge in [-0.3, -0.25) is 14.4 Å². The van der Waals surface area contributed by atoms with Gasteiger partial charge in [0.2, 0.25) is 0 Å². The molecule has 1 unspecified atom stereocenters. The Morgan fingerprint density at radius 3 is 2.68 bits per heavy atom. The fraction of sp³-hybridized carbons (Fsp3) is 0.389. The minimum Gasteiger partial charge on any atom is -0.482 e. The molecule has 0 saturated carbocycles. The topological polar surface area (TPSA) is 86.5 Å². The van der Waals surface area contributed by atoms with Crippen LogP contribution in [0.2, 0.25) is 10.0 Å². The predicted molar refractivity (Wildman–Crippen MR) is 95.0 cm³/mol. The summed E-state index contributed by atoms with van der Waals surface area (Å²) in [5, 5.41) is 0.256. The molecule has 5 nitrogen and oxygen atoms in total. The van der Waals surface area contributed by atoms with Crippen molar-refractivity contribution < 1.29 is 19.1 Å². The molecule has 3 rings (SSSR count). The van der Waals surface area contributed by atoms with E-state index >= 15 is 0 Å². The largest absolute Gasteiger partial charge is 0.482 e. The Bertz CT molecular complexity index is 831.